The van der Waals surface area contributed by atoms with Crippen molar-refractivity contribution in [2.75, 3.05) is 5.32 Å². The number of nitrogens with zero attached hydrogens (tertiary/aromatic N) is 1. The van der Waals surface area contributed by atoms with Gasteiger partial charge in [0.25, 0.3) is 0 Å². The van der Waals surface area contributed by atoms with E-state index in [4.69, 9.17) is 0 Å². The van der Waals surface area contributed by atoms with E-state index < -0.39 is 15.3 Å². The van der Waals surface area contributed by atoms with Crippen LogP contribution in [0.2, 0.25) is 0 Å². The standard InChI is InChI=1S/C27H26N2O4S/c1-3-19-9-13-21(14-10-19)28-26(30)18-29-17-25(27(31)23-7-5-6-8-24(23)29)34(32,33)22-15-11-20(4-2)12-16-22/h5-17H,3-4,18H2,1-2H3,(H,28,30). The average Bonchev–Trinajstić information content (AvgIpc) is 2.86. The van der Waals surface area contributed by atoms with Gasteiger partial charge in [-0.15, -0.1) is 0 Å². The molecule has 0 aliphatic rings. The Morgan fingerprint density at radius 2 is 1.44 bits per heavy atom. The van der Waals surface area contributed by atoms with Gasteiger partial charge in [-0.1, -0.05) is 50.2 Å². The van der Waals surface area contributed by atoms with E-state index in [0.29, 0.717) is 11.2 Å². The molecule has 0 radical (unpaired) electrons. The molecule has 4 aromatic rings. The van der Waals surface area contributed by atoms with Crippen LogP contribution < -0.4 is 10.7 Å². The van der Waals surface area contributed by atoms with Gasteiger partial charge in [-0.3, -0.25) is 9.59 Å². The van der Waals surface area contributed by atoms with Gasteiger partial charge in [-0.25, -0.2) is 8.42 Å². The number of sulfone groups is 1. The zero-order chi connectivity index (χ0) is 24.3. The van der Waals surface area contributed by atoms with Gasteiger partial charge >= 0.3 is 0 Å². The van der Waals surface area contributed by atoms with Crippen LogP contribution in [0.3, 0.4) is 0 Å². The molecule has 0 unspecified atom stereocenters. The molecule has 0 saturated carbocycles. The number of anilines is 1. The maximum Gasteiger partial charge on any atom is 0.244 e. The number of amides is 1. The van der Waals surface area contributed by atoms with Crippen molar-refractivity contribution < 1.29 is 13.2 Å². The summed E-state index contributed by atoms with van der Waals surface area (Å²) < 4.78 is 28.3. The molecule has 4 rings (SSSR count). The van der Waals surface area contributed by atoms with Crippen molar-refractivity contribution in [3.05, 3.63) is 100 Å². The third-order valence-corrected chi connectivity index (χ3v) is 7.61. The van der Waals surface area contributed by atoms with Crippen LogP contribution in [0.4, 0.5) is 5.69 Å². The van der Waals surface area contributed by atoms with Crippen molar-refractivity contribution in [1.82, 2.24) is 4.57 Å². The van der Waals surface area contributed by atoms with Crippen LogP contribution in [0.25, 0.3) is 10.9 Å². The second-order valence-electron chi connectivity index (χ2n) is 8.07. The molecule has 0 spiro atoms. The van der Waals surface area contributed by atoms with E-state index in [2.05, 4.69) is 12.2 Å². The number of carbonyl (C=O) groups excluding carboxylic acids is 1. The molecule has 0 bridgehead atoms. The Morgan fingerprint density at radius 3 is 2.06 bits per heavy atom. The second kappa shape index (κ2) is 9.65. The van der Waals surface area contributed by atoms with E-state index in [0.717, 1.165) is 24.0 Å². The van der Waals surface area contributed by atoms with E-state index in [9.17, 15) is 18.0 Å². The molecule has 1 N–H and O–H groups in total. The molecular formula is C27H26N2O4S. The van der Waals surface area contributed by atoms with Crippen LogP contribution in [-0.4, -0.2) is 18.9 Å². The predicted molar refractivity (Wildman–Crippen MR) is 134 cm³/mol. The van der Waals surface area contributed by atoms with Gasteiger partial charge in [0, 0.05) is 17.3 Å². The van der Waals surface area contributed by atoms with Crippen molar-refractivity contribution in [3.8, 4) is 0 Å². The number of nitrogens with one attached hydrogen (secondary N) is 1. The third-order valence-electron chi connectivity index (χ3n) is 5.85. The van der Waals surface area contributed by atoms with E-state index >= 15 is 0 Å². The average molecular weight is 475 g/mol. The SMILES string of the molecule is CCc1ccc(NC(=O)Cn2cc(S(=O)(=O)c3ccc(CC)cc3)c(=O)c3ccccc32)cc1. The molecule has 0 aliphatic carbocycles. The molecule has 1 amide bonds. The first-order valence-electron chi connectivity index (χ1n) is 11.2. The van der Waals surface area contributed by atoms with Gasteiger partial charge in [0.2, 0.25) is 21.2 Å². The number of aryl methyl sites for hydroxylation is 2. The molecule has 0 aliphatic heterocycles. The van der Waals surface area contributed by atoms with Crippen LogP contribution in [0.5, 0.6) is 0 Å². The lowest BCUT2D eigenvalue weighted by molar-refractivity contribution is -0.116. The van der Waals surface area contributed by atoms with Crippen molar-refractivity contribution >= 4 is 32.3 Å². The molecule has 1 aromatic heterocycles. The summed E-state index contributed by atoms with van der Waals surface area (Å²) in [6.45, 7) is 3.89. The number of hydrogen-bond acceptors (Lipinski definition) is 4. The summed E-state index contributed by atoms with van der Waals surface area (Å²) in [7, 11) is -4.08. The number of aromatic nitrogens is 1. The van der Waals surface area contributed by atoms with Gasteiger partial charge < -0.3 is 9.88 Å². The topological polar surface area (TPSA) is 85.2 Å². The fourth-order valence-corrected chi connectivity index (χ4v) is 5.22. The number of carbonyl (C=O) groups is 1. The minimum atomic E-state index is -4.08. The first kappa shape index (κ1) is 23.4. The minimum Gasteiger partial charge on any atom is -0.336 e. The zero-order valence-corrected chi connectivity index (χ0v) is 19.9. The highest BCUT2D eigenvalue weighted by molar-refractivity contribution is 7.91. The lowest BCUT2D eigenvalue weighted by Crippen LogP contribution is -2.23. The van der Waals surface area contributed by atoms with Crippen molar-refractivity contribution in [2.24, 2.45) is 0 Å². The van der Waals surface area contributed by atoms with E-state index in [1.54, 1.807) is 36.4 Å². The van der Waals surface area contributed by atoms with Crippen LogP contribution in [0.1, 0.15) is 25.0 Å². The van der Waals surface area contributed by atoms with Gasteiger partial charge in [-0.05, 0) is 60.4 Å². The highest BCUT2D eigenvalue weighted by atomic mass is 32.2. The van der Waals surface area contributed by atoms with Crippen molar-refractivity contribution in [3.63, 3.8) is 0 Å². The Hall–Kier alpha value is -3.71. The van der Waals surface area contributed by atoms with Crippen LogP contribution in [-0.2, 0) is 34.0 Å². The Bertz CT molecular complexity index is 1500. The zero-order valence-electron chi connectivity index (χ0n) is 19.1. The fraction of sp³-hybridized carbons (Fsp3) is 0.185. The summed E-state index contributed by atoms with van der Waals surface area (Å²) in [6.07, 6.45) is 2.95. The van der Waals surface area contributed by atoms with Gasteiger partial charge in [0.05, 0.1) is 10.4 Å². The number of rotatable bonds is 7. The highest BCUT2D eigenvalue weighted by Gasteiger charge is 2.24. The molecule has 3 aromatic carbocycles. The van der Waals surface area contributed by atoms with Crippen LogP contribution in [0, 0.1) is 0 Å². The van der Waals surface area contributed by atoms with Gasteiger partial charge in [-0.2, -0.15) is 0 Å². The van der Waals surface area contributed by atoms with Crippen molar-refractivity contribution in [1.29, 1.82) is 0 Å². The highest BCUT2D eigenvalue weighted by Crippen LogP contribution is 2.22. The lowest BCUT2D eigenvalue weighted by Gasteiger charge is -2.14. The van der Waals surface area contributed by atoms with E-state index in [-0.39, 0.29) is 27.6 Å². The number of pyridine rings is 1. The van der Waals surface area contributed by atoms with Crippen LogP contribution >= 0.6 is 0 Å². The third kappa shape index (κ3) is 4.65. The summed E-state index contributed by atoms with van der Waals surface area (Å²) in [5.41, 5.74) is 2.72. The van der Waals surface area contributed by atoms with Crippen LogP contribution in [0.15, 0.2) is 93.6 Å². The number of benzene rings is 3. The largest absolute Gasteiger partial charge is 0.336 e. The summed E-state index contributed by atoms with van der Waals surface area (Å²) in [5, 5.41) is 3.08. The first-order valence-corrected chi connectivity index (χ1v) is 12.7. The van der Waals surface area contributed by atoms with Crippen molar-refractivity contribution in [2.45, 2.75) is 43.0 Å². The molecule has 0 saturated heterocycles. The maximum atomic E-state index is 13.4. The molecule has 174 valence electrons. The summed E-state index contributed by atoms with van der Waals surface area (Å²) in [6, 6.07) is 20.8. The number of fused-ring (bicyclic) bond motifs is 1. The molecule has 6 nitrogen and oxygen atoms in total. The Labute approximate surface area is 198 Å². The Morgan fingerprint density at radius 1 is 0.853 bits per heavy atom. The van der Waals surface area contributed by atoms with Gasteiger partial charge in [0.15, 0.2) is 0 Å². The minimum absolute atomic E-state index is 0.0455. The quantitative estimate of drug-likeness (QED) is 0.424. The Kier molecular flexibility index (Phi) is 6.65. The molecule has 1 heterocycles. The summed E-state index contributed by atoms with van der Waals surface area (Å²) >= 11 is 0. The summed E-state index contributed by atoms with van der Waals surface area (Å²) in [5.74, 6) is -0.325. The smallest absolute Gasteiger partial charge is 0.244 e. The van der Waals surface area contributed by atoms with E-state index in [1.807, 2.05) is 31.2 Å². The number of para-hydroxylation sites is 1. The second-order valence-corrected chi connectivity index (χ2v) is 9.99. The molecular weight excluding hydrogens is 448 g/mol. The maximum absolute atomic E-state index is 13.4. The molecule has 0 fully saturated rings. The first-order chi connectivity index (χ1) is 16.3. The molecule has 7 heteroatoms. The molecule has 0 atom stereocenters. The fourth-order valence-electron chi connectivity index (χ4n) is 3.85. The summed E-state index contributed by atoms with van der Waals surface area (Å²) in [4.78, 5) is 25.7. The Balaban J connectivity index is 1.74. The van der Waals surface area contributed by atoms with Gasteiger partial charge in [0.1, 0.15) is 11.4 Å². The normalized spacial score (nSPS) is 11.5. The molecule has 34 heavy (non-hydrogen) atoms. The predicted octanol–water partition coefficient (Wildman–Crippen LogP) is 4.60. The lowest BCUT2D eigenvalue weighted by atomic mass is 10.1. The van der Waals surface area contributed by atoms with E-state index in [1.165, 1.54) is 22.9 Å². The number of hydrogen-bond donors (Lipinski definition) is 1. The monoisotopic (exact) mass is 474 g/mol.